The maximum absolute atomic E-state index is 11.9. The van der Waals surface area contributed by atoms with Crippen molar-refractivity contribution >= 4 is 17.7 Å². The van der Waals surface area contributed by atoms with E-state index in [1.807, 2.05) is 24.6 Å². The van der Waals surface area contributed by atoms with Gasteiger partial charge in [0.2, 0.25) is 5.91 Å². The van der Waals surface area contributed by atoms with Crippen LogP contribution in [0.5, 0.6) is 0 Å². The van der Waals surface area contributed by atoms with Crippen molar-refractivity contribution in [2.24, 2.45) is 13.0 Å². The van der Waals surface area contributed by atoms with Crippen molar-refractivity contribution in [1.82, 2.24) is 20.1 Å². The smallest absolute Gasteiger partial charge is 0.230 e. The molecule has 2 aromatic heterocycles. The molecule has 0 spiro atoms. The molecule has 0 aliphatic heterocycles. The van der Waals surface area contributed by atoms with E-state index in [-0.39, 0.29) is 11.9 Å². The number of nitrogens with one attached hydrogen (secondary N) is 1. The van der Waals surface area contributed by atoms with Gasteiger partial charge in [0.25, 0.3) is 0 Å². The second-order valence-electron chi connectivity index (χ2n) is 5.23. The van der Waals surface area contributed by atoms with Crippen LogP contribution in [0.4, 0.5) is 0 Å². The van der Waals surface area contributed by atoms with Crippen LogP contribution in [0.1, 0.15) is 20.8 Å². The molecule has 2 rings (SSSR count). The normalized spacial score (nSPS) is 12.6. The molecule has 6 nitrogen and oxygen atoms in total. The summed E-state index contributed by atoms with van der Waals surface area (Å²) in [6.45, 7) is 6.16. The highest BCUT2D eigenvalue weighted by Gasteiger charge is 2.15. The lowest BCUT2D eigenvalue weighted by atomic mass is 10.1. The average molecular weight is 308 g/mol. The van der Waals surface area contributed by atoms with Gasteiger partial charge in [-0.3, -0.25) is 4.79 Å². The van der Waals surface area contributed by atoms with Gasteiger partial charge in [0, 0.05) is 13.1 Å². The Kier molecular flexibility index (Phi) is 5.06. The Morgan fingerprint density at radius 2 is 2.19 bits per heavy atom. The van der Waals surface area contributed by atoms with Crippen molar-refractivity contribution in [3.8, 4) is 11.6 Å². The van der Waals surface area contributed by atoms with Gasteiger partial charge < -0.3 is 14.3 Å². The molecule has 0 aromatic carbocycles. The van der Waals surface area contributed by atoms with Crippen molar-refractivity contribution in [2.75, 3.05) is 5.75 Å². The van der Waals surface area contributed by atoms with Gasteiger partial charge in [-0.2, -0.15) is 0 Å². The van der Waals surface area contributed by atoms with Crippen molar-refractivity contribution in [1.29, 1.82) is 0 Å². The third-order valence-electron chi connectivity index (χ3n) is 3.30. The van der Waals surface area contributed by atoms with E-state index in [0.717, 1.165) is 0 Å². The molecule has 21 heavy (non-hydrogen) atoms. The molecule has 1 amide bonds. The van der Waals surface area contributed by atoms with E-state index < -0.39 is 0 Å². The van der Waals surface area contributed by atoms with Crippen LogP contribution >= 0.6 is 11.8 Å². The molecule has 0 fully saturated rings. The summed E-state index contributed by atoms with van der Waals surface area (Å²) in [5.41, 5.74) is 0. The summed E-state index contributed by atoms with van der Waals surface area (Å²) in [4.78, 5) is 11.9. The Morgan fingerprint density at radius 3 is 2.81 bits per heavy atom. The van der Waals surface area contributed by atoms with Crippen molar-refractivity contribution in [2.45, 2.75) is 32.0 Å². The van der Waals surface area contributed by atoms with Crippen LogP contribution in [-0.4, -0.2) is 32.5 Å². The number of hydrogen-bond donors (Lipinski definition) is 1. The molecule has 1 atom stereocenters. The number of hydrogen-bond acceptors (Lipinski definition) is 5. The predicted molar refractivity (Wildman–Crippen MR) is 81.9 cm³/mol. The van der Waals surface area contributed by atoms with Crippen molar-refractivity contribution in [3.63, 3.8) is 0 Å². The van der Waals surface area contributed by atoms with Crippen LogP contribution in [0, 0.1) is 5.92 Å². The largest absolute Gasteiger partial charge is 0.461 e. The van der Waals surface area contributed by atoms with Crippen LogP contribution in [0.3, 0.4) is 0 Å². The number of carbonyl (C=O) groups is 1. The van der Waals surface area contributed by atoms with Crippen LogP contribution < -0.4 is 5.32 Å². The van der Waals surface area contributed by atoms with Crippen LogP contribution in [-0.2, 0) is 11.8 Å². The fourth-order valence-electron chi connectivity index (χ4n) is 1.65. The first-order valence-corrected chi connectivity index (χ1v) is 7.83. The van der Waals surface area contributed by atoms with E-state index in [4.69, 9.17) is 4.42 Å². The molecule has 0 aliphatic rings. The molecule has 7 heteroatoms. The zero-order valence-electron chi connectivity index (χ0n) is 12.7. The number of carbonyl (C=O) groups excluding carboxylic acids is 1. The monoisotopic (exact) mass is 308 g/mol. The number of aromatic nitrogens is 3. The Balaban J connectivity index is 1.94. The number of nitrogens with zero attached hydrogens (tertiary/aromatic N) is 3. The quantitative estimate of drug-likeness (QED) is 0.829. The molecule has 2 heterocycles. The van der Waals surface area contributed by atoms with Gasteiger partial charge in [-0.25, -0.2) is 0 Å². The Bertz CT molecular complexity index is 592. The number of furan rings is 1. The first-order chi connectivity index (χ1) is 9.99. The molecule has 0 unspecified atom stereocenters. The van der Waals surface area contributed by atoms with Crippen LogP contribution in [0.2, 0.25) is 0 Å². The summed E-state index contributed by atoms with van der Waals surface area (Å²) in [6.07, 6.45) is 1.59. The maximum Gasteiger partial charge on any atom is 0.230 e. The summed E-state index contributed by atoms with van der Waals surface area (Å²) in [6, 6.07) is 3.80. The first-order valence-electron chi connectivity index (χ1n) is 6.84. The summed E-state index contributed by atoms with van der Waals surface area (Å²) in [5, 5.41) is 11.8. The summed E-state index contributed by atoms with van der Waals surface area (Å²) < 4.78 is 7.13. The SMILES string of the molecule is CC(C)[C@H](C)NC(=O)CSc1nnc(-c2ccco2)n1C. The number of amides is 1. The van der Waals surface area contributed by atoms with Gasteiger partial charge in [-0.1, -0.05) is 25.6 Å². The molecular weight excluding hydrogens is 288 g/mol. The highest BCUT2D eigenvalue weighted by Crippen LogP contribution is 2.22. The Hall–Kier alpha value is -1.76. The highest BCUT2D eigenvalue weighted by atomic mass is 32.2. The lowest BCUT2D eigenvalue weighted by Crippen LogP contribution is -2.37. The van der Waals surface area contributed by atoms with Crippen molar-refractivity contribution < 1.29 is 9.21 Å². The maximum atomic E-state index is 11.9. The molecule has 1 N–H and O–H groups in total. The van der Waals surface area contributed by atoms with Crippen LogP contribution in [0.25, 0.3) is 11.6 Å². The summed E-state index contributed by atoms with van der Waals surface area (Å²) in [5.74, 6) is 2.05. The third kappa shape index (κ3) is 3.87. The molecule has 114 valence electrons. The van der Waals surface area contributed by atoms with Gasteiger partial charge in [-0.15, -0.1) is 10.2 Å². The lowest BCUT2D eigenvalue weighted by Gasteiger charge is -2.16. The van der Waals surface area contributed by atoms with E-state index in [0.29, 0.717) is 28.4 Å². The van der Waals surface area contributed by atoms with E-state index in [2.05, 4.69) is 29.4 Å². The first kappa shape index (κ1) is 15.6. The minimum Gasteiger partial charge on any atom is -0.461 e. The van der Waals surface area contributed by atoms with Gasteiger partial charge in [-0.05, 0) is 25.0 Å². The second kappa shape index (κ2) is 6.80. The molecule has 0 saturated heterocycles. The topological polar surface area (TPSA) is 73.0 Å². The Labute approximate surface area is 128 Å². The third-order valence-corrected chi connectivity index (χ3v) is 4.32. The fraction of sp³-hybridized carbons (Fsp3) is 0.500. The fourth-order valence-corrected chi connectivity index (χ4v) is 2.38. The van der Waals surface area contributed by atoms with E-state index in [1.165, 1.54) is 11.8 Å². The van der Waals surface area contributed by atoms with Gasteiger partial charge in [0.05, 0.1) is 12.0 Å². The zero-order chi connectivity index (χ0) is 15.4. The zero-order valence-corrected chi connectivity index (χ0v) is 13.5. The minimum atomic E-state index is 0.00347. The standard InChI is InChI=1S/C14H20N4O2S/c1-9(2)10(3)15-12(19)8-21-14-17-16-13(18(14)4)11-6-5-7-20-11/h5-7,9-10H,8H2,1-4H3,(H,15,19)/t10-/m0/s1. The minimum absolute atomic E-state index is 0.00347. The Morgan fingerprint density at radius 1 is 1.43 bits per heavy atom. The van der Waals surface area contributed by atoms with E-state index in [1.54, 1.807) is 12.3 Å². The predicted octanol–water partition coefficient (Wildman–Crippen LogP) is 2.33. The molecule has 2 aromatic rings. The number of thioether (sulfide) groups is 1. The molecule has 0 bridgehead atoms. The number of rotatable bonds is 6. The summed E-state index contributed by atoms with van der Waals surface area (Å²) in [7, 11) is 1.86. The van der Waals surface area contributed by atoms with Crippen molar-refractivity contribution in [3.05, 3.63) is 18.4 Å². The lowest BCUT2D eigenvalue weighted by molar-refractivity contribution is -0.119. The van der Waals surface area contributed by atoms with E-state index in [9.17, 15) is 4.79 Å². The second-order valence-corrected chi connectivity index (χ2v) is 6.17. The molecular formula is C14H20N4O2S. The van der Waals surface area contributed by atoms with E-state index >= 15 is 0 Å². The van der Waals surface area contributed by atoms with Gasteiger partial charge >= 0.3 is 0 Å². The van der Waals surface area contributed by atoms with Gasteiger partial charge in [0.1, 0.15) is 0 Å². The average Bonchev–Trinajstić information content (AvgIpc) is 3.05. The molecule has 0 saturated carbocycles. The van der Waals surface area contributed by atoms with Crippen LogP contribution in [0.15, 0.2) is 28.0 Å². The van der Waals surface area contributed by atoms with Gasteiger partial charge in [0.15, 0.2) is 16.7 Å². The molecule has 0 aliphatic carbocycles. The summed E-state index contributed by atoms with van der Waals surface area (Å²) >= 11 is 1.36. The molecule has 0 radical (unpaired) electrons. The highest BCUT2D eigenvalue weighted by molar-refractivity contribution is 7.99.